The number of likely N-dealkylation sites (tertiary alicyclic amines) is 1. The fourth-order valence-corrected chi connectivity index (χ4v) is 6.60. The molecule has 218 valence electrons. The molecule has 0 saturated carbocycles. The van der Waals surface area contributed by atoms with Crippen molar-refractivity contribution in [3.63, 3.8) is 0 Å². The summed E-state index contributed by atoms with van der Waals surface area (Å²) < 4.78 is 6.01. The molecule has 43 heavy (non-hydrogen) atoms. The van der Waals surface area contributed by atoms with Crippen LogP contribution in [0.5, 0.6) is 5.75 Å². The number of para-hydroxylation sites is 2. The van der Waals surface area contributed by atoms with Crippen molar-refractivity contribution in [2.45, 2.75) is 50.7 Å². The van der Waals surface area contributed by atoms with E-state index in [-0.39, 0.29) is 17.8 Å². The van der Waals surface area contributed by atoms with E-state index in [1.165, 1.54) is 35.3 Å². The maximum Gasteiger partial charge on any atom is 0.304 e. The van der Waals surface area contributed by atoms with Crippen molar-refractivity contribution in [3.05, 3.63) is 125 Å². The lowest BCUT2D eigenvalue weighted by molar-refractivity contribution is -0.137. The first-order valence-electron chi connectivity index (χ1n) is 15.1. The lowest BCUT2D eigenvalue weighted by Crippen LogP contribution is -2.44. The Morgan fingerprint density at radius 2 is 1.56 bits per heavy atom. The van der Waals surface area contributed by atoms with Crippen LogP contribution in [0.3, 0.4) is 0 Å². The van der Waals surface area contributed by atoms with E-state index in [9.17, 15) is 9.90 Å². The minimum atomic E-state index is -0.851. The summed E-state index contributed by atoms with van der Waals surface area (Å²) in [5.41, 5.74) is 7.70. The quantitative estimate of drug-likeness (QED) is 0.211. The largest absolute Gasteiger partial charge is 0.489 e. The molecule has 4 aromatic carbocycles. The molecule has 0 aliphatic carbocycles. The number of ether oxygens (including phenoxy) is 1. The molecule has 2 aliphatic rings. The van der Waals surface area contributed by atoms with Crippen molar-refractivity contribution in [1.82, 2.24) is 4.90 Å². The predicted molar refractivity (Wildman–Crippen MR) is 172 cm³/mol. The van der Waals surface area contributed by atoms with Crippen molar-refractivity contribution in [2.75, 3.05) is 24.5 Å². The van der Waals surface area contributed by atoms with Gasteiger partial charge in [0.2, 0.25) is 0 Å². The van der Waals surface area contributed by atoms with Crippen LogP contribution in [-0.4, -0.2) is 35.6 Å². The number of nitrogens with zero attached hydrogens (tertiary/aromatic N) is 2. The number of carboxylic acid groups (broad SMARTS) is 1. The SMILES string of the molecule is CC#C[C@@H](CC(=O)O)c1ccc(OCc2ccc(CN3CCC4(CC3)CN(c3ccccc3)c3ccccc34)cc2)cc1. The van der Waals surface area contributed by atoms with Gasteiger partial charge in [0, 0.05) is 29.9 Å². The molecular formula is C38H38N2O3. The molecule has 1 spiro atoms. The summed E-state index contributed by atoms with van der Waals surface area (Å²) >= 11 is 0. The highest BCUT2D eigenvalue weighted by atomic mass is 16.5. The van der Waals surface area contributed by atoms with Gasteiger partial charge in [0.05, 0.1) is 12.3 Å². The van der Waals surface area contributed by atoms with Gasteiger partial charge in [-0.2, -0.15) is 0 Å². The molecule has 2 aliphatic heterocycles. The highest BCUT2D eigenvalue weighted by Gasteiger charge is 2.44. The number of fused-ring (bicyclic) bond motifs is 2. The first kappa shape index (κ1) is 28.6. The van der Waals surface area contributed by atoms with Crippen LogP contribution in [-0.2, 0) is 23.4 Å². The van der Waals surface area contributed by atoms with E-state index in [1.54, 1.807) is 6.92 Å². The van der Waals surface area contributed by atoms with Gasteiger partial charge in [0.25, 0.3) is 0 Å². The van der Waals surface area contributed by atoms with E-state index >= 15 is 0 Å². The minimum absolute atomic E-state index is 0.00743. The lowest BCUT2D eigenvalue weighted by atomic mass is 9.74. The summed E-state index contributed by atoms with van der Waals surface area (Å²) in [5, 5.41) is 9.17. The zero-order valence-corrected chi connectivity index (χ0v) is 24.7. The van der Waals surface area contributed by atoms with Gasteiger partial charge in [-0.25, -0.2) is 0 Å². The van der Waals surface area contributed by atoms with Gasteiger partial charge in [-0.3, -0.25) is 9.69 Å². The fourth-order valence-electron chi connectivity index (χ4n) is 6.60. The van der Waals surface area contributed by atoms with Gasteiger partial charge in [-0.15, -0.1) is 5.92 Å². The number of benzene rings is 4. The summed E-state index contributed by atoms with van der Waals surface area (Å²) in [6.07, 6.45) is 2.33. The number of aliphatic carboxylic acids is 1. The van der Waals surface area contributed by atoms with E-state index in [0.717, 1.165) is 43.1 Å². The molecule has 2 heterocycles. The van der Waals surface area contributed by atoms with Crippen LogP contribution < -0.4 is 9.64 Å². The predicted octanol–water partition coefficient (Wildman–Crippen LogP) is 7.53. The number of hydrogen-bond donors (Lipinski definition) is 1. The standard InChI is InChI=1S/C38H38N2O3/c1-2-8-32(25-37(41)42)31-17-19-34(20-18-31)43-27-30-15-13-29(14-16-30)26-39-23-21-38(22-24-39)28-40(33-9-4-3-5-10-33)36-12-7-6-11-35(36)38/h3-7,9-20,32H,21-28H2,1H3,(H,41,42)/t32-/m0/s1. The molecule has 1 N–H and O–H groups in total. The Morgan fingerprint density at radius 1 is 0.884 bits per heavy atom. The van der Waals surface area contributed by atoms with E-state index < -0.39 is 5.97 Å². The van der Waals surface area contributed by atoms with E-state index in [1.807, 2.05) is 24.3 Å². The monoisotopic (exact) mass is 570 g/mol. The highest BCUT2D eigenvalue weighted by molar-refractivity contribution is 5.73. The van der Waals surface area contributed by atoms with Gasteiger partial charge < -0.3 is 14.7 Å². The number of hydrogen-bond acceptors (Lipinski definition) is 4. The average Bonchev–Trinajstić information content (AvgIpc) is 3.36. The van der Waals surface area contributed by atoms with Crippen molar-refractivity contribution < 1.29 is 14.6 Å². The summed E-state index contributed by atoms with van der Waals surface area (Å²) in [7, 11) is 0. The Morgan fingerprint density at radius 3 is 2.26 bits per heavy atom. The van der Waals surface area contributed by atoms with Gasteiger partial charge in [0.15, 0.2) is 0 Å². The lowest BCUT2D eigenvalue weighted by Gasteiger charge is -2.40. The Balaban J connectivity index is 1.02. The summed E-state index contributed by atoms with van der Waals surface area (Å²) in [6.45, 7) is 6.41. The van der Waals surface area contributed by atoms with Gasteiger partial charge in [-0.05, 0) is 85.4 Å². The Hall–Kier alpha value is -4.53. The molecule has 0 amide bonds. The number of carboxylic acids is 1. The van der Waals surface area contributed by atoms with Crippen LogP contribution in [0.1, 0.15) is 54.4 Å². The summed E-state index contributed by atoms with van der Waals surface area (Å²) in [5.74, 6) is 5.42. The van der Waals surface area contributed by atoms with Crippen molar-refractivity contribution >= 4 is 17.3 Å². The first-order chi connectivity index (χ1) is 21.0. The molecule has 1 saturated heterocycles. The third-order valence-corrected chi connectivity index (χ3v) is 8.92. The number of carbonyl (C=O) groups is 1. The third-order valence-electron chi connectivity index (χ3n) is 8.92. The van der Waals surface area contributed by atoms with Gasteiger partial charge in [0.1, 0.15) is 12.4 Å². The van der Waals surface area contributed by atoms with Crippen LogP contribution in [0.4, 0.5) is 11.4 Å². The highest BCUT2D eigenvalue weighted by Crippen LogP contribution is 2.49. The Bertz CT molecular complexity index is 1600. The molecule has 5 nitrogen and oxygen atoms in total. The molecule has 0 bridgehead atoms. The van der Waals surface area contributed by atoms with Crippen molar-refractivity contribution in [2.24, 2.45) is 0 Å². The molecule has 6 rings (SSSR count). The molecule has 0 unspecified atom stereocenters. The number of anilines is 2. The molecular weight excluding hydrogens is 532 g/mol. The molecule has 4 aromatic rings. The second kappa shape index (κ2) is 12.8. The topological polar surface area (TPSA) is 53.0 Å². The second-order valence-corrected chi connectivity index (χ2v) is 11.7. The fraction of sp³-hybridized carbons (Fsp3) is 0.289. The smallest absolute Gasteiger partial charge is 0.304 e. The van der Waals surface area contributed by atoms with Crippen molar-refractivity contribution in [1.29, 1.82) is 0 Å². The zero-order valence-electron chi connectivity index (χ0n) is 24.7. The Kier molecular flexibility index (Phi) is 8.49. The molecule has 5 heteroatoms. The third kappa shape index (κ3) is 6.45. The first-order valence-corrected chi connectivity index (χ1v) is 15.1. The van der Waals surface area contributed by atoms with Crippen LogP contribution >= 0.6 is 0 Å². The van der Waals surface area contributed by atoms with Crippen LogP contribution in [0.15, 0.2) is 103 Å². The maximum atomic E-state index is 11.2. The minimum Gasteiger partial charge on any atom is -0.489 e. The van der Waals surface area contributed by atoms with E-state index in [4.69, 9.17) is 4.74 Å². The van der Waals surface area contributed by atoms with E-state index in [0.29, 0.717) is 6.61 Å². The number of rotatable bonds is 9. The Labute approximate surface area is 254 Å². The second-order valence-electron chi connectivity index (χ2n) is 11.7. The molecule has 1 fully saturated rings. The van der Waals surface area contributed by atoms with Crippen LogP contribution in [0.25, 0.3) is 0 Å². The van der Waals surface area contributed by atoms with Crippen LogP contribution in [0, 0.1) is 11.8 Å². The number of piperidine rings is 1. The molecule has 1 atom stereocenters. The molecule has 0 aromatic heterocycles. The summed E-state index contributed by atoms with van der Waals surface area (Å²) in [4.78, 5) is 16.3. The van der Waals surface area contributed by atoms with Crippen molar-refractivity contribution in [3.8, 4) is 17.6 Å². The maximum absolute atomic E-state index is 11.2. The normalized spacial score (nSPS) is 16.3. The van der Waals surface area contributed by atoms with Gasteiger partial charge in [-0.1, -0.05) is 78.7 Å². The molecule has 0 radical (unpaired) electrons. The van der Waals surface area contributed by atoms with Gasteiger partial charge >= 0.3 is 5.97 Å². The average molecular weight is 571 g/mol. The zero-order chi connectivity index (χ0) is 29.6. The van der Waals surface area contributed by atoms with Crippen LogP contribution in [0.2, 0.25) is 0 Å². The summed E-state index contributed by atoms with van der Waals surface area (Å²) in [6, 6.07) is 36.1. The van der Waals surface area contributed by atoms with E-state index in [2.05, 4.69) is 101 Å².